The molecular weight excluding hydrogens is 212 g/mol. The highest BCUT2D eigenvalue weighted by Crippen LogP contribution is 2.33. The number of methoxy groups -OCH3 is 1. The summed E-state index contributed by atoms with van der Waals surface area (Å²) in [6.07, 6.45) is 0. The molecule has 0 aliphatic rings. The first-order chi connectivity index (χ1) is 6.49. The van der Waals surface area contributed by atoms with Crippen LogP contribution in [0.5, 0.6) is 5.75 Å². The Morgan fingerprint density at radius 2 is 2.07 bits per heavy atom. The van der Waals surface area contributed by atoms with Gasteiger partial charge in [-0.1, -0.05) is 11.6 Å². The first kappa shape index (κ1) is 11.2. The minimum atomic E-state index is -0.862. The van der Waals surface area contributed by atoms with Gasteiger partial charge in [0.2, 0.25) is 0 Å². The van der Waals surface area contributed by atoms with E-state index in [2.05, 4.69) is 0 Å². The van der Waals surface area contributed by atoms with Gasteiger partial charge in [-0.2, -0.15) is 0 Å². The second-order valence-corrected chi connectivity index (χ2v) is 3.27. The quantitative estimate of drug-likeness (QED) is 0.780. The topological polar surface area (TPSA) is 35.2 Å². The summed E-state index contributed by atoms with van der Waals surface area (Å²) in [7, 11) is 1.31. The number of hydrogen-bond acceptors (Lipinski definition) is 2. The zero-order chi connectivity index (χ0) is 10.9. The van der Waals surface area contributed by atoms with Crippen molar-refractivity contribution in [2.45, 2.75) is 13.0 Å². The SMILES string of the molecule is COc1cc(F)c(Cl)c(F)c1C(C)N. The van der Waals surface area contributed by atoms with Crippen molar-refractivity contribution < 1.29 is 13.5 Å². The fourth-order valence-corrected chi connectivity index (χ4v) is 1.34. The molecule has 2 N–H and O–H groups in total. The summed E-state index contributed by atoms with van der Waals surface area (Å²) in [5, 5.41) is -0.557. The van der Waals surface area contributed by atoms with Crippen LogP contribution in [0.4, 0.5) is 8.78 Å². The predicted molar refractivity (Wildman–Crippen MR) is 50.5 cm³/mol. The molecule has 5 heteroatoms. The van der Waals surface area contributed by atoms with Crippen LogP contribution in [0.25, 0.3) is 0 Å². The maximum Gasteiger partial charge on any atom is 0.153 e. The van der Waals surface area contributed by atoms with E-state index in [-0.39, 0.29) is 11.3 Å². The fourth-order valence-electron chi connectivity index (χ4n) is 1.18. The molecule has 0 radical (unpaired) electrons. The zero-order valence-electron chi connectivity index (χ0n) is 7.77. The van der Waals surface area contributed by atoms with Crippen molar-refractivity contribution in [3.8, 4) is 5.75 Å². The third-order valence-electron chi connectivity index (χ3n) is 1.84. The van der Waals surface area contributed by atoms with Crippen molar-refractivity contribution in [3.63, 3.8) is 0 Å². The van der Waals surface area contributed by atoms with Gasteiger partial charge in [0, 0.05) is 17.7 Å². The van der Waals surface area contributed by atoms with E-state index in [9.17, 15) is 8.78 Å². The van der Waals surface area contributed by atoms with E-state index in [1.807, 2.05) is 0 Å². The molecule has 0 spiro atoms. The lowest BCUT2D eigenvalue weighted by Gasteiger charge is -2.13. The van der Waals surface area contributed by atoms with Crippen molar-refractivity contribution in [2.75, 3.05) is 7.11 Å². The Kier molecular flexibility index (Phi) is 3.29. The van der Waals surface area contributed by atoms with Crippen LogP contribution in [0, 0.1) is 11.6 Å². The van der Waals surface area contributed by atoms with Gasteiger partial charge in [0.05, 0.1) is 7.11 Å². The summed E-state index contributed by atoms with van der Waals surface area (Å²) in [5.41, 5.74) is 5.59. The predicted octanol–water partition coefficient (Wildman–Crippen LogP) is 2.65. The molecule has 14 heavy (non-hydrogen) atoms. The lowest BCUT2D eigenvalue weighted by atomic mass is 10.1. The molecule has 0 aliphatic carbocycles. The highest BCUT2D eigenvalue weighted by Gasteiger charge is 2.20. The van der Waals surface area contributed by atoms with Crippen LogP contribution in [0.1, 0.15) is 18.5 Å². The van der Waals surface area contributed by atoms with Gasteiger partial charge in [0.25, 0.3) is 0 Å². The summed E-state index contributed by atoms with van der Waals surface area (Å²) >= 11 is 5.39. The normalized spacial score (nSPS) is 12.7. The van der Waals surface area contributed by atoms with Crippen molar-refractivity contribution in [1.29, 1.82) is 0 Å². The summed E-state index contributed by atoms with van der Waals surface area (Å²) in [4.78, 5) is 0. The Morgan fingerprint density at radius 1 is 1.50 bits per heavy atom. The van der Waals surface area contributed by atoms with E-state index < -0.39 is 22.7 Å². The average molecular weight is 222 g/mol. The van der Waals surface area contributed by atoms with Crippen LogP contribution in [-0.4, -0.2) is 7.11 Å². The number of halogens is 3. The van der Waals surface area contributed by atoms with E-state index in [4.69, 9.17) is 22.1 Å². The average Bonchev–Trinajstić information content (AvgIpc) is 2.12. The molecule has 1 aromatic rings. The maximum atomic E-state index is 13.4. The van der Waals surface area contributed by atoms with Crippen molar-refractivity contribution >= 4 is 11.6 Å². The largest absolute Gasteiger partial charge is 0.496 e. The molecule has 0 bridgehead atoms. The van der Waals surface area contributed by atoms with Crippen LogP contribution < -0.4 is 10.5 Å². The zero-order valence-corrected chi connectivity index (χ0v) is 8.53. The Balaban J connectivity index is 3.45. The van der Waals surface area contributed by atoms with E-state index in [0.29, 0.717) is 0 Å². The third-order valence-corrected chi connectivity index (χ3v) is 2.18. The van der Waals surface area contributed by atoms with Crippen molar-refractivity contribution in [1.82, 2.24) is 0 Å². The van der Waals surface area contributed by atoms with Crippen LogP contribution in [0.15, 0.2) is 6.07 Å². The first-order valence-electron chi connectivity index (χ1n) is 3.96. The summed E-state index contributed by atoms with van der Waals surface area (Å²) in [6, 6.07) is 0.410. The van der Waals surface area contributed by atoms with E-state index >= 15 is 0 Å². The maximum absolute atomic E-state index is 13.4. The minimum absolute atomic E-state index is 0.0689. The number of ether oxygens (including phenoxy) is 1. The molecule has 1 rings (SSSR count). The summed E-state index contributed by atoms with van der Waals surface area (Å²) in [5.74, 6) is -1.65. The Hall–Kier alpha value is -0.870. The molecule has 78 valence electrons. The standard InChI is InChI=1S/C9H10ClF2NO/c1-4(13)7-6(14-2)3-5(11)8(10)9(7)12/h3-4H,13H2,1-2H3. The van der Waals surface area contributed by atoms with E-state index in [1.165, 1.54) is 7.11 Å². The van der Waals surface area contributed by atoms with Gasteiger partial charge >= 0.3 is 0 Å². The monoisotopic (exact) mass is 221 g/mol. The Labute approximate surface area is 85.6 Å². The highest BCUT2D eigenvalue weighted by molar-refractivity contribution is 6.31. The molecule has 0 aromatic heterocycles. The van der Waals surface area contributed by atoms with Gasteiger partial charge < -0.3 is 10.5 Å². The number of nitrogens with two attached hydrogens (primary N) is 1. The lowest BCUT2D eigenvalue weighted by Crippen LogP contribution is -2.10. The van der Waals surface area contributed by atoms with Crippen LogP contribution in [0.2, 0.25) is 5.02 Å². The van der Waals surface area contributed by atoms with Gasteiger partial charge in [-0.25, -0.2) is 8.78 Å². The van der Waals surface area contributed by atoms with Crippen molar-refractivity contribution in [2.24, 2.45) is 5.73 Å². The fraction of sp³-hybridized carbons (Fsp3) is 0.333. The summed E-state index contributed by atoms with van der Waals surface area (Å²) in [6.45, 7) is 1.56. The molecule has 0 amide bonds. The van der Waals surface area contributed by atoms with Gasteiger partial charge in [-0.05, 0) is 6.92 Å². The molecule has 0 fully saturated rings. The highest BCUT2D eigenvalue weighted by atomic mass is 35.5. The lowest BCUT2D eigenvalue weighted by molar-refractivity contribution is 0.396. The molecule has 1 aromatic carbocycles. The second kappa shape index (κ2) is 4.11. The number of rotatable bonds is 2. The molecule has 1 unspecified atom stereocenters. The third kappa shape index (κ3) is 1.81. The molecule has 0 heterocycles. The first-order valence-corrected chi connectivity index (χ1v) is 4.33. The van der Waals surface area contributed by atoms with Crippen molar-refractivity contribution in [3.05, 3.63) is 28.3 Å². The minimum Gasteiger partial charge on any atom is -0.496 e. The van der Waals surface area contributed by atoms with Gasteiger partial charge in [0.15, 0.2) is 5.82 Å². The van der Waals surface area contributed by atoms with Crippen LogP contribution >= 0.6 is 11.6 Å². The van der Waals surface area contributed by atoms with E-state index in [0.717, 1.165) is 6.07 Å². The Bertz CT molecular complexity index is 355. The van der Waals surface area contributed by atoms with Gasteiger partial charge in [-0.3, -0.25) is 0 Å². The van der Waals surface area contributed by atoms with Gasteiger partial charge in [-0.15, -0.1) is 0 Å². The number of hydrogen-bond donors (Lipinski definition) is 1. The molecule has 0 saturated heterocycles. The molecule has 0 aliphatic heterocycles. The summed E-state index contributed by atoms with van der Waals surface area (Å²) < 4.78 is 31.2. The molecule has 2 nitrogen and oxygen atoms in total. The van der Waals surface area contributed by atoms with E-state index in [1.54, 1.807) is 6.92 Å². The molecular formula is C9H10ClF2NO. The second-order valence-electron chi connectivity index (χ2n) is 2.89. The molecule has 1 atom stereocenters. The Morgan fingerprint density at radius 3 is 2.50 bits per heavy atom. The van der Waals surface area contributed by atoms with Crippen LogP contribution in [-0.2, 0) is 0 Å². The smallest absolute Gasteiger partial charge is 0.153 e. The molecule has 0 saturated carbocycles. The van der Waals surface area contributed by atoms with Crippen LogP contribution in [0.3, 0.4) is 0 Å². The van der Waals surface area contributed by atoms with Gasteiger partial charge in [0.1, 0.15) is 16.6 Å². The number of benzene rings is 1.